The molecular formula is C14H23N3O2. The van der Waals surface area contributed by atoms with Crippen LogP contribution in [0.25, 0.3) is 0 Å². The zero-order valence-electron chi connectivity index (χ0n) is 11.8. The van der Waals surface area contributed by atoms with Gasteiger partial charge in [0, 0.05) is 26.0 Å². The Labute approximate surface area is 114 Å². The molecule has 0 radical (unpaired) electrons. The van der Waals surface area contributed by atoms with Gasteiger partial charge in [-0.25, -0.2) is 4.79 Å². The Balaban J connectivity index is 2.54. The summed E-state index contributed by atoms with van der Waals surface area (Å²) in [5, 5.41) is 12.2. The van der Waals surface area contributed by atoms with E-state index in [0.717, 1.165) is 12.0 Å². The minimum absolute atomic E-state index is 0.00972. The highest BCUT2D eigenvalue weighted by atomic mass is 16.3. The second-order valence-corrected chi connectivity index (χ2v) is 4.75. The van der Waals surface area contributed by atoms with Gasteiger partial charge in [0.2, 0.25) is 0 Å². The van der Waals surface area contributed by atoms with Crippen LogP contribution in [0.15, 0.2) is 24.5 Å². The van der Waals surface area contributed by atoms with E-state index in [2.05, 4.69) is 10.3 Å². The van der Waals surface area contributed by atoms with Crippen molar-refractivity contribution in [3.63, 3.8) is 0 Å². The molecule has 1 aromatic rings. The molecule has 0 aliphatic carbocycles. The fraction of sp³-hybridized carbons (Fsp3) is 0.571. The number of aliphatic hydroxyl groups is 1. The van der Waals surface area contributed by atoms with Crippen LogP contribution in [0.3, 0.4) is 0 Å². The summed E-state index contributed by atoms with van der Waals surface area (Å²) in [5.74, 6) is 0. The number of hydrogen-bond donors (Lipinski definition) is 2. The van der Waals surface area contributed by atoms with Crippen molar-refractivity contribution in [3.8, 4) is 0 Å². The number of urea groups is 1. The summed E-state index contributed by atoms with van der Waals surface area (Å²) in [6.45, 7) is 4.29. The van der Waals surface area contributed by atoms with E-state index in [9.17, 15) is 9.90 Å². The Morgan fingerprint density at radius 2 is 2.11 bits per heavy atom. The highest BCUT2D eigenvalue weighted by molar-refractivity contribution is 5.74. The first-order valence-corrected chi connectivity index (χ1v) is 6.64. The fourth-order valence-electron chi connectivity index (χ4n) is 1.76. The van der Waals surface area contributed by atoms with E-state index < -0.39 is 6.10 Å². The molecule has 5 nitrogen and oxygen atoms in total. The average Bonchev–Trinajstić information content (AvgIpc) is 2.42. The van der Waals surface area contributed by atoms with Crippen LogP contribution in [0.4, 0.5) is 4.79 Å². The summed E-state index contributed by atoms with van der Waals surface area (Å²) in [5.41, 5.74) is 1.05. The number of carbonyl (C=O) groups is 1. The van der Waals surface area contributed by atoms with Crippen molar-refractivity contribution >= 4 is 6.03 Å². The quantitative estimate of drug-likeness (QED) is 0.826. The zero-order valence-corrected chi connectivity index (χ0v) is 11.8. The van der Waals surface area contributed by atoms with Crippen molar-refractivity contribution < 1.29 is 9.90 Å². The smallest absolute Gasteiger partial charge is 0.317 e. The van der Waals surface area contributed by atoms with Crippen molar-refractivity contribution in [3.05, 3.63) is 30.1 Å². The van der Waals surface area contributed by atoms with Gasteiger partial charge in [0.1, 0.15) is 0 Å². The summed E-state index contributed by atoms with van der Waals surface area (Å²) < 4.78 is 0. The van der Waals surface area contributed by atoms with Gasteiger partial charge in [0.15, 0.2) is 0 Å². The maximum Gasteiger partial charge on any atom is 0.317 e. The summed E-state index contributed by atoms with van der Waals surface area (Å²) >= 11 is 0. The summed E-state index contributed by atoms with van der Waals surface area (Å²) in [6, 6.07) is 3.68. The molecule has 0 aliphatic heterocycles. The molecule has 2 amide bonds. The SMILES string of the molecule is CCC(NC(=O)N(C)CCC(C)O)c1ccncc1. The standard InChI is InChI=1S/C14H23N3O2/c1-4-13(12-5-8-15-9-6-12)16-14(19)17(3)10-7-11(2)18/h5-6,8-9,11,13,18H,4,7,10H2,1-3H3,(H,16,19). The molecule has 2 unspecified atom stereocenters. The minimum Gasteiger partial charge on any atom is -0.393 e. The molecule has 0 aliphatic rings. The third-order valence-corrected chi connectivity index (χ3v) is 3.04. The number of aromatic nitrogens is 1. The average molecular weight is 265 g/mol. The lowest BCUT2D eigenvalue weighted by Crippen LogP contribution is -2.40. The third kappa shape index (κ3) is 5.26. The molecule has 1 rings (SSSR count). The van der Waals surface area contributed by atoms with Gasteiger partial charge >= 0.3 is 6.03 Å². The van der Waals surface area contributed by atoms with Crippen LogP contribution in [0, 0.1) is 0 Å². The van der Waals surface area contributed by atoms with Gasteiger partial charge in [-0.2, -0.15) is 0 Å². The van der Waals surface area contributed by atoms with Gasteiger partial charge in [-0.3, -0.25) is 4.98 Å². The number of nitrogens with one attached hydrogen (secondary N) is 1. The molecule has 1 heterocycles. The van der Waals surface area contributed by atoms with E-state index in [1.165, 1.54) is 0 Å². The molecule has 1 aromatic heterocycles. The van der Waals surface area contributed by atoms with Crippen molar-refractivity contribution in [2.24, 2.45) is 0 Å². The third-order valence-electron chi connectivity index (χ3n) is 3.04. The molecule has 106 valence electrons. The molecule has 2 atom stereocenters. The van der Waals surface area contributed by atoms with E-state index in [-0.39, 0.29) is 12.1 Å². The minimum atomic E-state index is -0.391. The predicted octanol–water partition coefficient (Wildman–Crippen LogP) is 1.95. The fourth-order valence-corrected chi connectivity index (χ4v) is 1.76. The van der Waals surface area contributed by atoms with E-state index >= 15 is 0 Å². The molecule has 0 saturated carbocycles. The first kappa shape index (κ1) is 15.4. The van der Waals surface area contributed by atoms with Crippen LogP contribution in [0.1, 0.15) is 38.3 Å². The normalized spacial score (nSPS) is 13.7. The Bertz CT molecular complexity index is 382. The summed E-state index contributed by atoms with van der Waals surface area (Å²) in [4.78, 5) is 17.6. The van der Waals surface area contributed by atoms with Gasteiger partial charge in [-0.15, -0.1) is 0 Å². The number of carbonyl (C=O) groups excluding carboxylic acids is 1. The van der Waals surface area contributed by atoms with Crippen LogP contribution in [-0.2, 0) is 0 Å². The second kappa shape index (κ2) is 7.74. The maximum atomic E-state index is 12.0. The molecule has 0 aromatic carbocycles. The van der Waals surface area contributed by atoms with Crippen LogP contribution in [0.5, 0.6) is 0 Å². The summed E-state index contributed by atoms with van der Waals surface area (Å²) in [7, 11) is 1.73. The number of amides is 2. The van der Waals surface area contributed by atoms with Crippen LogP contribution in [0.2, 0.25) is 0 Å². The van der Waals surface area contributed by atoms with Crippen molar-refractivity contribution in [2.75, 3.05) is 13.6 Å². The first-order valence-electron chi connectivity index (χ1n) is 6.64. The van der Waals surface area contributed by atoms with Gasteiger partial charge in [-0.1, -0.05) is 6.92 Å². The molecule has 0 fully saturated rings. The topological polar surface area (TPSA) is 65.5 Å². The number of nitrogens with zero attached hydrogens (tertiary/aromatic N) is 2. The van der Waals surface area contributed by atoms with E-state index in [0.29, 0.717) is 13.0 Å². The lowest BCUT2D eigenvalue weighted by atomic mass is 10.1. The van der Waals surface area contributed by atoms with Gasteiger partial charge < -0.3 is 15.3 Å². The van der Waals surface area contributed by atoms with Gasteiger partial charge in [0.05, 0.1) is 12.1 Å². The Morgan fingerprint density at radius 1 is 1.47 bits per heavy atom. The van der Waals surface area contributed by atoms with Crippen LogP contribution >= 0.6 is 0 Å². The highest BCUT2D eigenvalue weighted by Crippen LogP contribution is 2.15. The molecular weight excluding hydrogens is 242 g/mol. The maximum absolute atomic E-state index is 12.0. The Kier molecular flexibility index (Phi) is 6.29. The van der Waals surface area contributed by atoms with E-state index in [1.807, 2.05) is 19.1 Å². The predicted molar refractivity (Wildman–Crippen MR) is 74.7 cm³/mol. The molecule has 0 spiro atoms. The number of aliphatic hydroxyl groups excluding tert-OH is 1. The Morgan fingerprint density at radius 3 is 2.63 bits per heavy atom. The summed E-state index contributed by atoms with van der Waals surface area (Å²) in [6.07, 6.45) is 4.45. The molecule has 0 bridgehead atoms. The number of hydrogen-bond acceptors (Lipinski definition) is 3. The first-order chi connectivity index (χ1) is 9.04. The molecule has 19 heavy (non-hydrogen) atoms. The second-order valence-electron chi connectivity index (χ2n) is 4.75. The van der Waals surface area contributed by atoms with Crippen LogP contribution in [-0.4, -0.2) is 40.7 Å². The van der Waals surface area contributed by atoms with E-state index in [1.54, 1.807) is 31.3 Å². The molecule has 2 N–H and O–H groups in total. The monoisotopic (exact) mass is 265 g/mol. The lowest BCUT2D eigenvalue weighted by molar-refractivity contribution is 0.162. The molecule has 5 heteroatoms. The van der Waals surface area contributed by atoms with E-state index in [4.69, 9.17) is 0 Å². The molecule has 0 saturated heterocycles. The Hall–Kier alpha value is -1.62. The van der Waals surface area contributed by atoms with Crippen LogP contribution < -0.4 is 5.32 Å². The lowest BCUT2D eigenvalue weighted by Gasteiger charge is -2.23. The number of pyridine rings is 1. The largest absolute Gasteiger partial charge is 0.393 e. The number of rotatable bonds is 6. The van der Waals surface area contributed by atoms with Crippen molar-refractivity contribution in [2.45, 2.75) is 38.8 Å². The zero-order chi connectivity index (χ0) is 14.3. The van der Waals surface area contributed by atoms with Gasteiger partial charge in [-0.05, 0) is 37.5 Å². The van der Waals surface area contributed by atoms with Gasteiger partial charge in [0.25, 0.3) is 0 Å². The van der Waals surface area contributed by atoms with Crippen molar-refractivity contribution in [1.82, 2.24) is 15.2 Å². The highest BCUT2D eigenvalue weighted by Gasteiger charge is 2.15. The van der Waals surface area contributed by atoms with Crippen molar-refractivity contribution in [1.29, 1.82) is 0 Å².